The molecule has 0 unspecified atom stereocenters. The Hall–Kier alpha value is -2.36. The SMILES string of the molecule is CCOC(=O)c1cnc(SCC(=O)OCC(=O)N[C@H](C)C(C)C)nc1N. The van der Waals surface area contributed by atoms with Gasteiger partial charge in [-0.05, 0) is 19.8 Å². The summed E-state index contributed by atoms with van der Waals surface area (Å²) < 4.78 is 9.72. The Kier molecular flexibility index (Phi) is 8.83. The summed E-state index contributed by atoms with van der Waals surface area (Å²) in [4.78, 5) is 42.9. The van der Waals surface area contributed by atoms with Gasteiger partial charge in [-0.1, -0.05) is 25.6 Å². The molecule has 1 amide bonds. The first kappa shape index (κ1) is 21.7. The van der Waals surface area contributed by atoms with E-state index in [0.29, 0.717) is 0 Å². The Morgan fingerprint density at radius 1 is 1.27 bits per heavy atom. The van der Waals surface area contributed by atoms with Crippen molar-refractivity contribution in [2.24, 2.45) is 5.92 Å². The zero-order valence-corrected chi connectivity index (χ0v) is 16.1. The van der Waals surface area contributed by atoms with E-state index in [2.05, 4.69) is 15.3 Å². The van der Waals surface area contributed by atoms with Crippen molar-refractivity contribution < 1.29 is 23.9 Å². The van der Waals surface area contributed by atoms with Gasteiger partial charge in [-0.15, -0.1) is 0 Å². The van der Waals surface area contributed by atoms with Crippen LogP contribution in [0.5, 0.6) is 0 Å². The highest BCUT2D eigenvalue weighted by Crippen LogP contribution is 2.17. The molecule has 0 aromatic carbocycles. The zero-order valence-electron chi connectivity index (χ0n) is 15.3. The standard InChI is InChI=1S/C16H24N4O5S/c1-5-24-15(23)11-6-18-16(20-14(11)17)26-8-13(22)25-7-12(21)19-10(4)9(2)3/h6,9-10H,5,7-8H2,1-4H3,(H,19,21)(H2,17,18,20)/t10-/m1/s1. The van der Waals surface area contributed by atoms with E-state index in [9.17, 15) is 14.4 Å². The number of nitrogen functional groups attached to an aromatic ring is 1. The molecule has 3 N–H and O–H groups in total. The number of carbonyl (C=O) groups is 3. The summed E-state index contributed by atoms with van der Waals surface area (Å²) in [5.41, 5.74) is 5.76. The molecule has 9 nitrogen and oxygen atoms in total. The number of rotatable bonds is 9. The third kappa shape index (κ3) is 7.26. The van der Waals surface area contributed by atoms with Gasteiger partial charge < -0.3 is 20.5 Å². The van der Waals surface area contributed by atoms with Crippen molar-refractivity contribution >= 4 is 35.4 Å². The van der Waals surface area contributed by atoms with E-state index in [0.717, 1.165) is 11.8 Å². The average Bonchev–Trinajstić information content (AvgIpc) is 2.58. The van der Waals surface area contributed by atoms with Crippen LogP contribution >= 0.6 is 11.8 Å². The molecule has 0 spiro atoms. The average molecular weight is 384 g/mol. The van der Waals surface area contributed by atoms with Crippen LogP contribution in [0, 0.1) is 5.92 Å². The number of amides is 1. The maximum atomic E-state index is 11.7. The predicted molar refractivity (Wildman–Crippen MR) is 96.5 cm³/mol. The van der Waals surface area contributed by atoms with Crippen LogP contribution < -0.4 is 11.1 Å². The number of ether oxygens (including phenoxy) is 2. The van der Waals surface area contributed by atoms with Crippen molar-refractivity contribution in [3.8, 4) is 0 Å². The molecule has 0 bridgehead atoms. The van der Waals surface area contributed by atoms with Gasteiger partial charge in [0.25, 0.3) is 5.91 Å². The zero-order chi connectivity index (χ0) is 19.7. The van der Waals surface area contributed by atoms with Crippen LogP contribution in [0.1, 0.15) is 38.1 Å². The number of anilines is 1. The normalized spacial score (nSPS) is 11.7. The largest absolute Gasteiger partial charge is 0.462 e. The topological polar surface area (TPSA) is 134 Å². The van der Waals surface area contributed by atoms with Crippen molar-refractivity contribution in [2.75, 3.05) is 24.7 Å². The second kappa shape index (κ2) is 10.6. The molecule has 26 heavy (non-hydrogen) atoms. The smallest absolute Gasteiger partial charge is 0.343 e. The van der Waals surface area contributed by atoms with Gasteiger partial charge in [-0.3, -0.25) is 9.59 Å². The van der Waals surface area contributed by atoms with Gasteiger partial charge in [0.1, 0.15) is 11.4 Å². The van der Waals surface area contributed by atoms with Gasteiger partial charge in [0, 0.05) is 12.2 Å². The van der Waals surface area contributed by atoms with Crippen LogP contribution in [0.25, 0.3) is 0 Å². The van der Waals surface area contributed by atoms with Crippen LogP contribution in [0.4, 0.5) is 5.82 Å². The van der Waals surface area contributed by atoms with E-state index >= 15 is 0 Å². The maximum Gasteiger partial charge on any atom is 0.343 e. The molecule has 0 aliphatic carbocycles. The lowest BCUT2D eigenvalue weighted by Crippen LogP contribution is -2.38. The van der Waals surface area contributed by atoms with Gasteiger partial charge in [0.2, 0.25) is 0 Å². The molecule has 10 heteroatoms. The third-order valence-electron chi connectivity index (χ3n) is 3.36. The number of hydrogen-bond acceptors (Lipinski definition) is 9. The Labute approximate surface area is 156 Å². The Morgan fingerprint density at radius 3 is 2.54 bits per heavy atom. The fraction of sp³-hybridized carbons (Fsp3) is 0.562. The molecule has 0 aliphatic rings. The molecule has 1 atom stereocenters. The minimum absolute atomic E-state index is 0.00938. The molecule has 0 saturated heterocycles. The summed E-state index contributed by atoms with van der Waals surface area (Å²) in [5, 5.41) is 2.95. The molecule has 1 heterocycles. The highest BCUT2D eigenvalue weighted by Gasteiger charge is 2.16. The first-order valence-corrected chi connectivity index (χ1v) is 9.10. The third-order valence-corrected chi connectivity index (χ3v) is 4.20. The summed E-state index contributed by atoms with van der Waals surface area (Å²) in [5.74, 6) is -1.39. The number of nitrogens with one attached hydrogen (secondary N) is 1. The number of nitrogens with zero attached hydrogens (tertiary/aromatic N) is 2. The maximum absolute atomic E-state index is 11.7. The molecule has 0 radical (unpaired) electrons. The number of thioether (sulfide) groups is 1. The summed E-state index contributed by atoms with van der Waals surface area (Å²) in [7, 11) is 0. The molecule has 1 aromatic rings. The van der Waals surface area contributed by atoms with Crippen molar-refractivity contribution in [2.45, 2.75) is 38.9 Å². The molecule has 144 valence electrons. The number of esters is 2. The first-order chi connectivity index (χ1) is 12.2. The van der Waals surface area contributed by atoms with E-state index < -0.39 is 11.9 Å². The minimum Gasteiger partial charge on any atom is -0.462 e. The van der Waals surface area contributed by atoms with Crippen LogP contribution in [-0.4, -0.2) is 52.8 Å². The molecule has 1 rings (SSSR count). The molecular weight excluding hydrogens is 360 g/mol. The van der Waals surface area contributed by atoms with Crippen LogP contribution in [0.15, 0.2) is 11.4 Å². The summed E-state index contributed by atoms with van der Waals surface area (Å²) in [6.07, 6.45) is 1.24. The molecule has 0 fully saturated rings. The van der Waals surface area contributed by atoms with E-state index in [1.165, 1.54) is 6.20 Å². The highest BCUT2D eigenvalue weighted by atomic mass is 32.2. The van der Waals surface area contributed by atoms with Crippen LogP contribution in [0.2, 0.25) is 0 Å². The van der Waals surface area contributed by atoms with Gasteiger partial charge in [0.05, 0.1) is 12.4 Å². The Bertz CT molecular complexity index is 654. The fourth-order valence-corrected chi connectivity index (χ4v) is 2.21. The lowest BCUT2D eigenvalue weighted by molar-refractivity contribution is -0.146. The van der Waals surface area contributed by atoms with E-state index in [4.69, 9.17) is 15.2 Å². The summed E-state index contributed by atoms with van der Waals surface area (Å²) in [6, 6.07) is -0.00938. The second-order valence-electron chi connectivity index (χ2n) is 5.72. The monoisotopic (exact) mass is 384 g/mol. The van der Waals surface area contributed by atoms with Gasteiger partial charge in [-0.2, -0.15) is 0 Å². The number of aromatic nitrogens is 2. The van der Waals surface area contributed by atoms with Gasteiger partial charge in [-0.25, -0.2) is 14.8 Å². The lowest BCUT2D eigenvalue weighted by Gasteiger charge is -2.17. The minimum atomic E-state index is -0.609. The Balaban J connectivity index is 2.44. The van der Waals surface area contributed by atoms with E-state index in [-0.39, 0.29) is 53.4 Å². The van der Waals surface area contributed by atoms with Crippen molar-refractivity contribution in [1.29, 1.82) is 0 Å². The second-order valence-corrected chi connectivity index (χ2v) is 6.66. The summed E-state index contributed by atoms with van der Waals surface area (Å²) in [6.45, 7) is 7.38. The van der Waals surface area contributed by atoms with Gasteiger partial charge in [0.15, 0.2) is 11.8 Å². The van der Waals surface area contributed by atoms with Crippen molar-refractivity contribution in [3.05, 3.63) is 11.8 Å². The number of nitrogens with two attached hydrogens (primary N) is 1. The number of carbonyl (C=O) groups excluding carboxylic acids is 3. The van der Waals surface area contributed by atoms with Crippen molar-refractivity contribution in [1.82, 2.24) is 15.3 Å². The molecule has 1 aromatic heterocycles. The molecule has 0 aliphatic heterocycles. The molecule has 0 saturated carbocycles. The Morgan fingerprint density at radius 2 is 1.96 bits per heavy atom. The predicted octanol–water partition coefficient (Wildman–Crippen LogP) is 1.03. The summed E-state index contributed by atoms with van der Waals surface area (Å²) >= 11 is 0.986. The number of hydrogen-bond donors (Lipinski definition) is 2. The lowest BCUT2D eigenvalue weighted by atomic mass is 10.1. The quantitative estimate of drug-likeness (QED) is 0.364. The highest BCUT2D eigenvalue weighted by molar-refractivity contribution is 7.99. The van der Waals surface area contributed by atoms with Crippen LogP contribution in [-0.2, 0) is 19.1 Å². The van der Waals surface area contributed by atoms with Crippen LogP contribution in [0.3, 0.4) is 0 Å². The fourth-order valence-electron chi connectivity index (χ4n) is 1.59. The first-order valence-electron chi connectivity index (χ1n) is 8.12. The van der Waals surface area contributed by atoms with E-state index in [1.54, 1.807) is 6.92 Å². The van der Waals surface area contributed by atoms with Gasteiger partial charge >= 0.3 is 11.9 Å². The van der Waals surface area contributed by atoms with E-state index in [1.807, 2.05) is 20.8 Å². The molecular formula is C16H24N4O5S. The van der Waals surface area contributed by atoms with Crippen molar-refractivity contribution in [3.63, 3.8) is 0 Å².